The number of thioether (sulfide) groups is 1. The number of hydrogen-bond donors (Lipinski definition) is 0. The predicted octanol–water partition coefficient (Wildman–Crippen LogP) is 2.68. The molecule has 0 aromatic carbocycles. The second-order valence-corrected chi connectivity index (χ2v) is 9.34. The van der Waals surface area contributed by atoms with Crippen LogP contribution in [0.3, 0.4) is 0 Å². The van der Waals surface area contributed by atoms with E-state index in [1.54, 1.807) is 21.3 Å². The molecule has 110 valence electrons. The minimum Gasteiger partial charge on any atom is -0.453 e. The zero-order valence-electron chi connectivity index (χ0n) is 11.7. The summed E-state index contributed by atoms with van der Waals surface area (Å²) in [5.74, 6) is 0.607. The minimum atomic E-state index is -2.45. The Labute approximate surface area is 119 Å². The van der Waals surface area contributed by atoms with Gasteiger partial charge in [0.1, 0.15) is 6.10 Å². The molecule has 1 aliphatic heterocycles. The number of ether oxygens (including phenoxy) is 1. The highest BCUT2D eigenvalue weighted by atomic mass is 32.2. The van der Waals surface area contributed by atoms with Gasteiger partial charge >= 0.3 is 14.1 Å². The molecule has 0 N–H and O–H groups in total. The third-order valence-electron chi connectivity index (χ3n) is 4.13. The zero-order valence-corrected chi connectivity index (χ0v) is 13.5. The van der Waals surface area contributed by atoms with Crippen LogP contribution in [0.15, 0.2) is 0 Å². The van der Waals surface area contributed by atoms with E-state index in [0.29, 0.717) is 11.2 Å². The Morgan fingerprint density at radius 3 is 2.58 bits per heavy atom. The molecule has 0 bridgehead atoms. The maximum absolute atomic E-state index is 11.3. The van der Waals surface area contributed by atoms with Crippen LogP contribution in [0.1, 0.15) is 25.7 Å². The molecular formula is C12H22O5SSi. The van der Waals surface area contributed by atoms with Crippen molar-refractivity contribution in [3.8, 4) is 0 Å². The van der Waals surface area contributed by atoms with E-state index in [1.165, 1.54) is 11.8 Å². The van der Waals surface area contributed by atoms with E-state index in [2.05, 4.69) is 0 Å². The maximum atomic E-state index is 11.3. The van der Waals surface area contributed by atoms with Crippen molar-refractivity contribution in [1.29, 1.82) is 0 Å². The topological polar surface area (TPSA) is 54.0 Å². The summed E-state index contributed by atoms with van der Waals surface area (Å²) in [7, 11) is 2.49. The summed E-state index contributed by atoms with van der Waals surface area (Å²) >= 11 is 1.36. The van der Waals surface area contributed by atoms with Crippen molar-refractivity contribution in [3.05, 3.63) is 0 Å². The van der Waals surface area contributed by atoms with Crippen LogP contribution in [-0.2, 0) is 18.0 Å². The predicted molar refractivity (Wildman–Crippen MR) is 75.2 cm³/mol. The lowest BCUT2D eigenvalue weighted by molar-refractivity contribution is 0.0959. The van der Waals surface area contributed by atoms with Gasteiger partial charge in [0.15, 0.2) is 0 Å². The third kappa shape index (κ3) is 3.52. The van der Waals surface area contributed by atoms with E-state index in [-0.39, 0.29) is 11.4 Å². The Balaban J connectivity index is 1.82. The summed E-state index contributed by atoms with van der Waals surface area (Å²) in [6.07, 6.45) is 4.30. The molecule has 1 heterocycles. The fourth-order valence-corrected chi connectivity index (χ4v) is 5.93. The molecule has 2 aliphatic rings. The first-order valence-electron chi connectivity index (χ1n) is 6.65. The second-order valence-electron chi connectivity index (χ2n) is 5.08. The molecule has 1 saturated heterocycles. The Morgan fingerprint density at radius 2 is 1.95 bits per heavy atom. The highest BCUT2D eigenvalue weighted by molar-refractivity contribution is 8.14. The van der Waals surface area contributed by atoms with Crippen molar-refractivity contribution in [3.63, 3.8) is 0 Å². The number of rotatable bonds is 6. The van der Waals surface area contributed by atoms with Crippen LogP contribution in [-0.4, -0.2) is 46.8 Å². The average molecular weight is 306 g/mol. The van der Waals surface area contributed by atoms with Crippen LogP contribution in [0.5, 0.6) is 0 Å². The van der Waals surface area contributed by atoms with Crippen molar-refractivity contribution in [2.75, 3.05) is 21.3 Å². The molecule has 0 aromatic rings. The van der Waals surface area contributed by atoms with Gasteiger partial charge in [0.2, 0.25) is 0 Å². The number of fused-ring (bicyclic) bond motifs is 1. The van der Waals surface area contributed by atoms with Crippen molar-refractivity contribution in [2.45, 2.75) is 43.1 Å². The van der Waals surface area contributed by atoms with Crippen LogP contribution >= 0.6 is 11.8 Å². The fourth-order valence-electron chi connectivity index (χ4n) is 2.92. The molecule has 1 saturated carbocycles. The Kier molecular flexibility index (Phi) is 5.30. The molecule has 2 fully saturated rings. The Hall–Kier alpha value is -0.0831. The molecule has 0 aromatic heterocycles. The van der Waals surface area contributed by atoms with Gasteiger partial charge in [-0.25, -0.2) is 4.79 Å². The highest BCUT2D eigenvalue weighted by Gasteiger charge is 2.43. The SMILES string of the molecule is CO[Si](CCC1CCC2OC(=O)SC2C1)(OC)OC. The van der Waals surface area contributed by atoms with E-state index < -0.39 is 8.80 Å². The lowest BCUT2D eigenvalue weighted by atomic mass is 9.85. The molecule has 3 unspecified atom stereocenters. The number of hydrogen-bond acceptors (Lipinski definition) is 6. The highest BCUT2D eigenvalue weighted by Crippen LogP contribution is 2.42. The largest absolute Gasteiger partial charge is 0.500 e. The molecule has 7 heteroatoms. The summed E-state index contributed by atoms with van der Waals surface area (Å²) < 4.78 is 21.6. The summed E-state index contributed by atoms with van der Waals surface area (Å²) in [6.45, 7) is 0. The smallest absolute Gasteiger partial charge is 0.453 e. The van der Waals surface area contributed by atoms with Gasteiger partial charge in [-0.1, -0.05) is 0 Å². The normalized spacial score (nSPS) is 31.1. The lowest BCUT2D eigenvalue weighted by Gasteiger charge is -2.31. The van der Waals surface area contributed by atoms with Crippen LogP contribution in [0.25, 0.3) is 0 Å². The quantitative estimate of drug-likeness (QED) is 0.555. The fraction of sp³-hybridized carbons (Fsp3) is 0.917. The van der Waals surface area contributed by atoms with Crippen LogP contribution in [0.2, 0.25) is 6.04 Å². The lowest BCUT2D eigenvalue weighted by Crippen LogP contribution is -2.43. The number of carbonyl (C=O) groups excluding carboxylic acids is 1. The van der Waals surface area contributed by atoms with E-state index in [1.807, 2.05) is 0 Å². The van der Waals surface area contributed by atoms with Crippen molar-refractivity contribution in [2.24, 2.45) is 5.92 Å². The minimum absolute atomic E-state index is 0.106. The molecule has 0 spiro atoms. The molecule has 0 amide bonds. The number of carbonyl (C=O) groups is 1. The van der Waals surface area contributed by atoms with E-state index >= 15 is 0 Å². The first-order valence-corrected chi connectivity index (χ1v) is 9.46. The second kappa shape index (κ2) is 6.58. The zero-order chi connectivity index (χ0) is 13.9. The van der Waals surface area contributed by atoms with Gasteiger partial charge in [0.05, 0.1) is 5.25 Å². The molecular weight excluding hydrogens is 284 g/mol. The van der Waals surface area contributed by atoms with Gasteiger partial charge in [0.25, 0.3) is 0 Å². The first kappa shape index (κ1) is 15.3. The van der Waals surface area contributed by atoms with Gasteiger partial charge in [0, 0.05) is 27.4 Å². The van der Waals surface area contributed by atoms with Crippen LogP contribution in [0.4, 0.5) is 4.79 Å². The summed E-state index contributed by atoms with van der Waals surface area (Å²) in [5, 5.41) is 0.236. The Morgan fingerprint density at radius 1 is 1.26 bits per heavy atom. The molecule has 5 nitrogen and oxygen atoms in total. The molecule has 19 heavy (non-hydrogen) atoms. The van der Waals surface area contributed by atoms with Gasteiger partial charge in [-0.2, -0.15) is 0 Å². The van der Waals surface area contributed by atoms with Gasteiger partial charge < -0.3 is 18.0 Å². The van der Waals surface area contributed by atoms with Crippen molar-refractivity contribution >= 4 is 25.9 Å². The van der Waals surface area contributed by atoms with Crippen molar-refractivity contribution < 1.29 is 22.8 Å². The van der Waals surface area contributed by atoms with Crippen LogP contribution in [0, 0.1) is 5.92 Å². The van der Waals surface area contributed by atoms with Crippen LogP contribution < -0.4 is 0 Å². The molecule has 2 rings (SSSR count). The average Bonchev–Trinajstić information content (AvgIpc) is 2.80. The van der Waals surface area contributed by atoms with Gasteiger partial charge in [-0.15, -0.1) is 0 Å². The summed E-state index contributed by atoms with van der Waals surface area (Å²) in [5.41, 5.74) is 0. The third-order valence-corrected chi connectivity index (χ3v) is 7.98. The standard InChI is InChI=1S/C12H22O5SSi/c1-14-19(15-2,16-3)7-6-9-4-5-10-11(8-9)18-12(13)17-10/h9-11H,4-8H2,1-3H3. The monoisotopic (exact) mass is 306 g/mol. The molecule has 1 aliphatic carbocycles. The van der Waals surface area contributed by atoms with E-state index in [9.17, 15) is 4.79 Å². The van der Waals surface area contributed by atoms with Crippen molar-refractivity contribution in [1.82, 2.24) is 0 Å². The van der Waals surface area contributed by atoms with Gasteiger partial charge in [-0.3, -0.25) is 0 Å². The maximum Gasteiger partial charge on any atom is 0.500 e. The molecule has 0 radical (unpaired) electrons. The molecule has 3 atom stereocenters. The first-order chi connectivity index (χ1) is 9.12. The van der Waals surface area contributed by atoms with E-state index in [0.717, 1.165) is 31.7 Å². The Bertz CT molecular complexity index is 315. The summed E-state index contributed by atoms with van der Waals surface area (Å²) in [4.78, 5) is 11.3. The summed E-state index contributed by atoms with van der Waals surface area (Å²) in [6, 6.07) is 0.831. The van der Waals surface area contributed by atoms with Gasteiger partial charge in [-0.05, 0) is 43.4 Å². The van der Waals surface area contributed by atoms with E-state index in [4.69, 9.17) is 18.0 Å².